The second-order valence-corrected chi connectivity index (χ2v) is 8.08. The molecule has 0 atom stereocenters. The van der Waals surface area contributed by atoms with Crippen molar-refractivity contribution in [2.75, 3.05) is 23.6 Å². The lowest BCUT2D eigenvalue weighted by atomic mass is 10.0. The zero-order valence-corrected chi connectivity index (χ0v) is 17.4. The third-order valence-electron chi connectivity index (χ3n) is 4.08. The predicted octanol–water partition coefficient (Wildman–Crippen LogP) is 3.96. The largest absolute Gasteiger partial charge is 0.505 e. The minimum atomic E-state index is -4.71. The number of azo groups is 1. The molecule has 12 nitrogen and oxygen atoms in total. The highest BCUT2D eigenvalue weighted by Crippen LogP contribution is 2.47. The molecule has 0 heterocycles. The Hall–Kier alpha value is -3.14. The van der Waals surface area contributed by atoms with Crippen molar-refractivity contribution in [3.8, 4) is 5.75 Å². The standard InChI is InChI=1S/C17H17N5O7S2/c1-19-21-16-12(31(25,26)27)8-9-7-11(30-29-28-24)15(17(23)13(9)14(16)18)22-20-10-5-3-2-4-6-10/h2-8,20,22-24H,18H2,1H3,(H,25,26,27). The molecule has 0 radical (unpaired) electrons. The Kier molecular flexibility index (Phi) is 6.79. The molecule has 0 aliphatic rings. The van der Waals surface area contributed by atoms with Gasteiger partial charge in [-0.25, -0.2) is 5.26 Å². The van der Waals surface area contributed by atoms with Gasteiger partial charge in [-0.15, -0.1) is 4.33 Å². The van der Waals surface area contributed by atoms with Gasteiger partial charge < -0.3 is 16.3 Å². The van der Waals surface area contributed by atoms with Gasteiger partial charge in [-0.1, -0.05) is 23.2 Å². The lowest BCUT2D eigenvalue weighted by molar-refractivity contribution is -0.432. The maximum Gasteiger partial charge on any atom is 0.296 e. The first-order valence-electron chi connectivity index (χ1n) is 8.39. The third-order valence-corrected chi connectivity index (χ3v) is 5.57. The van der Waals surface area contributed by atoms with E-state index in [0.29, 0.717) is 17.7 Å². The molecule has 0 fully saturated rings. The molecule has 0 spiro atoms. The lowest BCUT2D eigenvalue weighted by Gasteiger charge is -2.18. The van der Waals surface area contributed by atoms with Gasteiger partial charge in [0.2, 0.25) is 0 Å². The number of benzene rings is 3. The van der Waals surface area contributed by atoms with Crippen molar-refractivity contribution in [3.05, 3.63) is 42.5 Å². The number of aromatic hydroxyl groups is 1. The molecule has 0 saturated heterocycles. The quantitative estimate of drug-likeness (QED) is 0.0535. The highest BCUT2D eigenvalue weighted by Gasteiger charge is 2.25. The molecule has 0 saturated carbocycles. The summed E-state index contributed by atoms with van der Waals surface area (Å²) in [6.45, 7) is 0. The molecule has 0 aliphatic heterocycles. The van der Waals surface area contributed by atoms with Crippen LogP contribution in [0.4, 0.5) is 22.7 Å². The Bertz CT molecular complexity index is 1240. The van der Waals surface area contributed by atoms with Crippen molar-refractivity contribution < 1.29 is 32.7 Å². The minimum absolute atomic E-state index is 0.0430. The summed E-state index contributed by atoms with van der Waals surface area (Å²) in [5.74, 6) is -0.392. The number of rotatable bonds is 8. The average Bonchev–Trinajstić information content (AvgIpc) is 2.73. The Labute approximate surface area is 180 Å². The second kappa shape index (κ2) is 9.34. The molecular weight excluding hydrogens is 450 g/mol. The number of nitrogens with one attached hydrogen (secondary N) is 2. The first-order chi connectivity index (χ1) is 14.8. The fourth-order valence-corrected chi connectivity index (χ4v) is 4.00. The van der Waals surface area contributed by atoms with E-state index in [1.165, 1.54) is 13.1 Å². The van der Waals surface area contributed by atoms with Gasteiger partial charge in [0.25, 0.3) is 10.1 Å². The van der Waals surface area contributed by atoms with Crippen molar-refractivity contribution in [1.82, 2.24) is 0 Å². The normalized spacial score (nSPS) is 11.8. The van der Waals surface area contributed by atoms with Crippen LogP contribution in [0.3, 0.4) is 0 Å². The molecule has 3 rings (SSSR count). The number of fused-ring (bicyclic) bond motifs is 1. The molecule has 0 aliphatic carbocycles. The van der Waals surface area contributed by atoms with Gasteiger partial charge in [0, 0.05) is 7.05 Å². The van der Waals surface area contributed by atoms with E-state index in [9.17, 15) is 18.1 Å². The number of hydrogen-bond donors (Lipinski definition) is 6. The molecule has 31 heavy (non-hydrogen) atoms. The summed E-state index contributed by atoms with van der Waals surface area (Å²) in [7, 11) is -3.42. The lowest BCUT2D eigenvalue weighted by Crippen LogP contribution is -2.10. The minimum Gasteiger partial charge on any atom is -0.505 e. The molecule has 0 amide bonds. The number of para-hydroxylation sites is 1. The van der Waals surface area contributed by atoms with Crippen LogP contribution in [0, 0.1) is 0 Å². The summed E-state index contributed by atoms with van der Waals surface area (Å²) in [5, 5.41) is 30.4. The van der Waals surface area contributed by atoms with Crippen LogP contribution in [-0.2, 0) is 19.5 Å². The maximum absolute atomic E-state index is 11.8. The smallest absolute Gasteiger partial charge is 0.296 e. The number of nitrogen functional groups attached to an aromatic ring is 1. The van der Waals surface area contributed by atoms with E-state index in [0.717, 1.165) is 6.07 Å². The summed E-state index contributed by atoms with van der Waals surface area (Å²) in [5.41, 5.74) is 11.9. The van der Waals surface area contributed by atoms with Crippen molar-refractivity contribution in [1.29, 1.82) is 0 Å². The van der Waals surface area contributed by atoms with Gasteiger partial charge >= 0.3 is 0 Å². The number of hydrazine groups is 1. The Balaban J connectivity index is 2.24. The van der Waals surface area contributed by atoms with E-state index in [4.69, 9.17) is 11.0 Å². The molecule has 14 heteroatoms. The Morgan fingerprint density at radius 3 is 2.48 bits per heavy atom. The van der Waals surface area contributed by atoms with Crippen LogP contribution < -0.4 is 16.6 Å². The number of nitrogens with two attached hydrogens (primary N) is 1. The van der Waals surface area contributed by atoms with Gasteiger partial charge in [-0.2, -0.15) is 18.6 Å². The van der Waals surface area contributed by atoms with E-state index >= 15 is 0 Å². The van der Waals surface area contributed by atoms with Crippen LogP contribution in [0.5, 0.6) is 5.75 Å². The monoisotopic (exact) mass is 467 g/mol. The third kappa shape index (κ3) is 4.79. The van der Waals surface area contributed by atoms with Crippen molar-refractivity contribution in [2.24, 2.45) is 10.2 Å². The molecule has 0 aromatic heterocycles. The predicted molar refractivity (Wildman–Crippen MR) is 115 cm³/mol. The highest BCUT2D eigenvalue weighted by molar-refractivity contribution is 7.94. The van der Waals surface area contributed by atoms with Gasteiger partial charge in [0.1, 0.15) is 16.3 Å². The van der Waals surface area contributed by atoms with Crippen LogP contribution in [-0.4, -0.2) is 30.4 Å². The molecule has 0 unspecified atom stereocenters. The Morgan fingerprint density at radius 2 is 1.87 bits per heavy atom. The number of hydrogen-bond acceptors (Lipinski definition) is 12. The summed E-state index contributed by atoms with van der Waals surface area (Å²) in [6.07, 6.45) is 0. The number of anilines is 3. The van der Waals surface area contributed by atoms with E-state index < -0.39 is 20.8 Å². The molecule has 3 aromatic rings. The fraction of sp³-hybridized carbons (Fsp3) is 0.0588. The first kappa shape index (κ1) is 22.5. The van der Waals surface area contributed by atoms with Gasteiger partial charge in [-0.3, -0.25) is 9.98 Å². The van der Waals surface area contributed by atoms with E-state index in [1.807, 2.05) is 6.07 Å². The van der Waals surface area contributed by atoms with Crippen LogP contribution >= 0.6 is 12.0 Å². The number of nitrogens with zero attached hydrogens (tertiary/aromatic N) is 2. The van der Waals surface area contributed by atoms with E-state index in [-0.39, 0.29) is 32.7 Å². The zero-order chi connectivity index (χ0) is 22.6. The van der Waals surface area contributed by atoms with Crippen LogP contribution in [0.2, 0.25) is 0 Å². The summed E-state index contributed by atoms with van der Waals surface area (Å²) >= 11 is 0.515. The SMILES string of the molecule is CN=Nc1c(S(=O)(=O)O)cc2cc(SOOO)c(NNc3ccccc3)c(O)c2c1N. The molecule has 164 valence electrons. The topological polar surface area (TPSA) is 188 Å². The molecule has 7 N–H and O–H groups in total. The van der Waals surface area contributed by atoms with E-state index in [2.05, 4.69) is 30.5 Å². The van der Waals surface area contributed by atoms with Gasteiger partial charge in [-0.05, 0) is 29.7 Å². The van der Waals surface area contributed by atoms with Gasteiger partial charge in [0.15, 0.2) is 5.75 Å². The van der Waals surface area contributed by atoms with Crippen LogP contribution in [0.25, 0.3) is 10.8 Å². The van der Waals surface area contributed by atoms with Crippen LogP contribution in [0.1, 0.15) is 0 Å². The summed E-state index contributed by atoms with van der Waals surface area (Å²) in [6, 6.07) is 11.4. The average molecular weight is 467 g/mol. The van der Waals surface area contributed by atoms with Crippen molar-refractivity contribution in [2.45, 2.75) is 9.79 Å². The van der Waals surface area contributed by atoms with Crippen molar-refractivity contribution in [3.63, 3.8) is 0 Å². The summed E-state index contributed by atoms with van der Waals surface area (Å²) in [4.78, 5) is -0.422. The molecular formula is C17H17N5O7S2. The van der Waals surface area contributed by atoms with Gasteiger partial charge in [0.05, 0.1) is 33.7 Å². The van der Waals surface area contributed by atoms with E-state index in [1.54, 1.807) is 24.3 Å². The molecule has 0 bridgehead atoms. The van der Waals surface area contributed by atoms with Crippen molar-refractivity contribution >= 4 is 55.7 Å². The zero-order valence-electron chi connectivity index (χ0n) is 15.8. The fourth-order valence-electron chi connectivity index (χ4n) is 2.82. The summed E-state index contributed by atoms with van der Waals surface area (Å²) < 4.78 is 37.7. The number of phenolic OH excluding ortho intramolecular Hbond substituents is 1. The molecule has 3 aromatic carbocycles. The number of phenols is 1. The second-order valence-electron chi connectivity index (χ2n) is 5.95. The highest BCUT2D eigenvalue weighted by atomic mass is 32.2. The van der Waals surface area contributed by atoms with Crippen LogP contribution in [0.15, 0.2) is 62.5 Å². The Morgan fingerprint density at radius 1 is 1.16 bits per heavy atom. The maximum atomic E-state index is 11.8. The first-order valence-corrected chi connectivity index (χ1v) is 10.6.